The number of halogens is 2. The molecule has 3 rings (SSSR count). The first-order chi connectivity index (χ1) is 12.5. The molecule has 26 heavy (non-hydrogen) atoms. The smallest absolute Gasteiger partial charge is 0.274 e. The summed E-state index contributed by atoms with van der Waals surface area (Å²) < 4.78 is 26.2. The van der Waals surface area contributed by atoms with E-state index < -0.39 is 17.5 Å². The summed E-state index contributed by atoms with van der Waals surface area (Å²) in [5, 5.41) is 5.48. The van der Waals surface area contributed by atoms with E-state index in [2.05, 4.69) is 25.6 Å². The summed E-state index contributed by atoms with van der Waals surface area (Å²) in [6.45, 7) is 2.12. The van der Waals surface area contributed by atoms with Gasteiger partial charge in [0.05, 0.1) is 12.2 Å². The van der Waals surface area contributed by atoms with Gasteiger partial charge in [0.1, 0.15) is 5.69 Å². The van der Waals surface area contributed by atoms with Crippen molar-refractivity contribution in [1.29, 1.82) is 0 Å². The molecule has 0 aliphatic rings. The highest BCUT2D eigenvalue weighted by Gasteiger charge is 2.12. The van der Waals surface area contributed by atoms with Crippen molar-refractivity contribution in [3.63, 3.8) is 0 Å². The van der Waals surface area contributed by atoms with Crippen LogP contribution in [-0.2, 0) is 6.54 Å². The van der Waals surface area contributed by atoms with E-state index in [-0.39, 0.29) is 17.3 Å². The maximum atomic E-state index is 13.3. The number of hydrogen-bond acceptors (Lipinski definition) is 5. The number of nitrogens with one attached hydrogen (secondary N) is 2. The molecule has 132 valence electrons. The first-order valence-electron chi connectivity index (χ1n) is 7.77. The van der Waals surface area contributed by atoms with Crippen LogP contribution >= 0.6 is 0 Å². The molecule has 6 nitrogen and oxygen atoms in total. The number of amides is 1. The van der Waals surface area contributed by atoms with Crippen molar-refractivity contribution in [2.24, 2.45) is 0 Å². The highest BCUT2D eigenvalue weighted by molar-refractivity contribution is 6.03. The van der Waals surface area contributed by atoms with E-state index in [4.69, 9.17) is 0 Å². The van der Waals surface area contributed by atoms with Gasteiger partial charge in [0.15, 0.2) is 11.6 Å². The Morgan fingerprint density at radius 3 is 2.65 bits per heavy atom. The van der Waals surface area contributed by atoms with Crippen LogP contribution in [0.5, 0.6) is 0 Å². The molecule has 2 N–H and O–H groups in total. The molecule has 1 amide bonds. The monoisotopic (exact) mass is 355 g/mol. The molecule has 8 heteroatoms. The van der Waals surface area contributed by atoms with E-state index >= 15 is 0 Å². The third kappa shape index (κ3) is 4.35. The zero-order valence-electron chi connectivity index (χ0n) is 13.8. The normalized spacial score (nSPS) is 10.4. The Kier molecular flexibility index (Phi) is 5.12. The van der Waals surface area contributed by atoms with Crippen LogP contribution in [0, 0.1) is 18.6 Å². The van der Waals surface area contributed by atoms with Crippen molar-refractivity contribution in [3.05, 3.63) is 77.4 Å². The number of pyridine rings is 1. The Balaban J connectivity index is 1.73. The second kappa shape index (κ2) is 7.64. The fraction of sp³-hybridized carbons (Fsp3) is 0.111. The third-order valence-electron chi connectivity index (χ3n) is 3.42. The zero-order valence-corrected chi connectivity index (χ0v) is 13.8. The van der Waals surface area contributed by atoms with Gasteiger partial charge in [0.25, 0.3) is 5.91 Å². The molecule has 0 unspecified atom stereocenters. The minimum absolute atomic E-state index is 0.103. The van der Waals surface area contributed by atoms with Crippen molar-refractivity contribution in [1.82, 2.24) is 15.0 Å². The van der Waals surface area contributed by atoms with Crippen molar-refractivity contribution in [3.8, 4) is 0 Å². The number of carbonyl (C=O) groups excluding carboxylic acids is 1. The summed E-state index contributed by atoms with van der Waals surface area (Å²) in [5.41, 5.74) is 1.61. The van der Waals surface area contributed by atoms with E-state index in [1.54, 1.807) is 13.1 Å². The number of nitrogens with zero attached hydrogens (tertiary/aromatic N) is 3. The van der Waals surface area contributed by atoms with Crippen LogP contribution in [0.2, 0.25) is 0 Å². The van der Waals surface area contributed by atoms with Gasteiger partial charge in [-0.1, -0.05) is 6.07 Å². The van der Waals surface area contributed by atoms with Gasteiger partial charge < -0.3 is 10.6 Å². The van der Waals surface area contributed by atoms with Crippen LogP contribution in [0.4, 0.5) is 20.4 Å². The van der Waals surface area contributed by atoms with Crippen molar-refractivity contribution in [2.75, 3.05) is 10.6 Å². The molecule has 0 bridgehead atoms. The highest BCUT2D eigenvalue weighted by atomic mass is 19.2. The lowest BCUT2D eigenvalue weighted by atomic mass is 10.2. The van der Waals surface area contributed by atoms with Crippen LogP contribution in [0.15, 0.2) is 48.7 Å². The van der Waals surface area contributed by atoms with Crippen LogP contribution in [0.3, 0.4) is 0 Å². The van der Waals surface area contributed by atoms with Crippen LogP contribution in [0.1, 0.15) is 21.9 Å². The summed E-state index contributed by atoms with van der Waals surface area (Å²) in [4.78, 5) is 24.9. The SMILES string of the molecule is Cc1cc(C(=O)Nc2ccc(F)c(F)c2)nc(NCc2ccccn2)n1. The topological polar surface area (TPSA) is 79.8 Å². The fourth-order valence-corrected chi connectivity index (χ4v) is 2.21. The standard InChI is InChI=1S/C18H15F2N5O/c1-11-8-16(17(26)24-12-5-6-14(19)15(20)9-12)25-18(23-11)22-10-13-4-2-3-7-21-13/h2-9H,10H2,1H3,(H,24,26)(H,22,23,25). The van der Waals surface area contributed by atoms with Crippen LogP contribution in [-0.4, -0.2) is 20.9 Å². The molecule has 0 fully saturated rings. The lowest BCUT2D eigenvalue weighted by Crippen LogP contribution is -2.16. The van der Waals surface area contributed by atoms with E-state index in [1.807, 2.05) is 18.2 Å². The molecule has 0 radical (unpaired) electrons. The van der Waals surface area contributed by atoms with Gasteiger partial charge in [-0.25, -0.2) is 18.7 Å². The number of aromatic nitrogens is 3. The number of hydrogen-bond donors (Lipinski definition) is 2. The van der Waals surface area contributed by atoms with E-state index in [0.717, 1.165) is 17.8 Å². The minimum Gasteiger partial charge on any atom is -0.349 e. The number of benzene rings is 1. The predicted molar refractivity (Wildman–Crippen MR) is 92.6 cm³/mol. The maximum absolute atomic E-state index is 13.3. The minimum atomic E-state index is -1.04. The molecule has 0 atom stereocenters. The first kappa shape index (κ1) is 17.4. The van der Waals surface area contributed by atoms with Crippen molar-refractivity contribution < 1.29 is 13.6 Å². The summed E-state index contributed by atoms with van der Waals surface area (Å²) >= 11 is 0. The molecule has 0 spiro atoms. The van der Waals surface area contributed by atoms with Crippen LogP contribution in [0.25, 0.3) is 0 Å². The Labute approximate surface area is 148 Å². The average Bonchev–Trinajstić information content (AvgIpc) is 2.63. The lowest BCUT2D eigenvalue weighted by molar-refractivity contribution is 0.102. The number of anilines is 2. The molecule has 1 aromatic carbocycles. The molecule has 3 aromatic rings. The second-order valence-corrected chi connectivity index (χ2v) is 5.48. The average molecular weight is 355 g/mol. The van der Waals surface area contributed by atoms with Gasteiger partial charge in [0.2, 0.25) is 5.95 Å². The molecule has 0 aliphatic heterocycles. The van der Waals surface area contributed by atoms with Gasteiger partial charge in [0, 0.05) is 23.6 Å². The molecular weight excluding hydrogens is 340 g/mol. The van der Waals surface area contributed by atoms with E-state index in [9.17, 15) is 13.6 Å². The predicted octanol–water partition coefficient (Wildman–Crippen LogP) is 3.32. The molecule has 2 aromatic heterocycles. The van der Waals surface area contributed by atoms with Gasteiger partial charge >= 0.3 is 0 Å². The van der Waals surface area contributed by atoms with Crippen molar-refractivity contribution >= 4 is 17.5 Å². The van der Waals surface area contributed by atoms with Gasteiger partial charge in [-0.05, 0) is 37.3 Å². The Bertz CT molecular complexity index is 934. The molecule has 0 aliphatic carbocycles. The first-order valence-corrected chi connectivity index (χ1v) is 7.77. The summed E-state index contributed by atoms with van der Waals surface area (Å²) in [6.07, 6.45) is 1.68. The van der Waals surface area contributed by atoms with E-state index in [1.165, 1.54) is 12.1 Å². The van der Waals surface area contributed by atoms with E-state index in [0.29, 0.717) is 12.2 Å². The van der Waals surface area contributed by atoms with Crippen molar-refractivity contribution in [2.45, 2.75) is 13.5 Å². The maximum Gasteiger partial charge on any atom is 0.274 e. The zero-order chi connectivity index (χ0) is 18.5. The largest absolute Gasteiger partial charge is 0.349 e. The molecular formula is C18H15F2N5O. The Morgan fingerprint density at radius 1 is 1.08 bits per heavy atom. The third-order valence-corrected chi connectivity index (χ3v) is 3.42. The van der Waals surface area contributed by atoms with Crippen LogP contribution < -0.4 is 10.6 Å². The molecule has 2 heterocycles. The quantitative estimate of drug-likeness (QED) is 0.734. The molecule has 0 saturated heterocycles. The fourth-order valence-electron chi connectivity index (χ4n) is 2.21. The molecule has 0 saturated carbocycles. The summed E-state index contributed by atoms with van der Waals surface area (Å²) in [7, 11) is 0. The summed E-state index contributed by atoms with van der Waals surface area (Å²) in [6, 6.07) is 10.1. The highest BCUT2D eigenvalue weighted by Crippen LogP contribution is 2.15. The summed E-state index contributed by atoms with van der Waals surface area (Å²) in [5.74, 6) is -2.31. The lowest BCUT2D eigenvalue weighted by Gasteiger charge is -2.09. The Morgan fingerprint density at radius 2 is 1.92 bits per heavy atom. The van der Waals surface area contributed by atoms with Gasteiger partial charge in [-0.3, -0.25) is 9.78 Å². The number of aryl methyl sites for hydroxylation is 1. The second-order valence-electron chi connectivity index (χ2n) is 5.48. The van der Waals surface area contributed by atoms with Gasteiger partial charge in [-0.15, -0.1) is 0 Å². The van der Waals surface area contributed by atoms with Gasteiger partial charge in [-0.2, -0.15) is 0 Å². The number of rotatable bonds is 5. The Hall–Kier alpha value is -3.42. The number of carbonyl (C=O) groups is 1.